The Morgan fingerprint density at radius 3 is 2.48 bits per heavy atom. The minimum absolute atomic E-state index is 0. The van der Waals surface area contributed by atoms with Gasteiger partial charge in [-0.2, -0.15) is 0 Å². The number of benzene rings is 1. The molecular weight excluding hydrogens is 403 g/mol. The van der Waals surface area contributed by atoms with Crippen molar-refractivity contribution < 1.29 is 4.79 Å². The van der Waals surface area contributed by atoms with E-state index in [0.29, 0.717) is 25.5 Å². The summed E-state index contributed by atoms with van der Waals surface area (Å²) in [6.45, 7) is 7.94. The van der Waals surface area contributed by atoms with E-state index in [-0.39, 0.29) is 29.9 Å². The smallest absolute Gasteiger partial charge is 0.222 e. The lowest BCUT2D eigenvalue weighted by atomic mass is 10.1. The van der Waals surface area contributed by atoms with Gasteiger partial charge in [0.1, 0.15) is 0 Å². The molecule has 1 amide bonds. The van der Waals surface area contributed by atoms with Gasteiger partial charge in [0.2, 0.25) is 5.91 Å². The van der Waals surface area contributed by atoms with Crippen molar-refractivity contribution in [2.45, 2.75) is 39.8 Å². The molecule has 0 bridgehead atoms. The highest BCUT2D eigenvalue weighted by Crippen LogP contribution is 2.17. The molecule has 1 aromatic rings. The normalized spacial score (nSPS) is 14.8. The fourth-order valence-corrected chi connectivity index (χ4v) is 2.76. The Morgan fingerprint density at radius 2 is 1.91 bits per heavy atom. The van der Waals surface area contributed by atoms with E-state index in [9.17, 15) is 4.79 Å². The monoisotopic (exact) mass is 430 g/mol. The molecule has 1 aliphatic rings. The van der Waals surface area contributed by atoms with Crippen molar-refractivity contribution in [3.63, 3.8) is 0 Å². The van der Waals surface area contributed by atoms with E-state index in [2.05, 4.69) is 31.0 Å². The van der Waals surface area contributed by atoms with Crippen LogP contribution < -0.4 is 5.73 Å². The molecule has 0 unspecified atom stereocenters. The second-order valence-corrected chi connectivity index (χ2v) is 5.53. The molecule has 1 saturated heterocycles. The first-order valence-electron chi connectivity index (χ1n) is 8.05. The number of guanidine groups is 1. The maximum Gasteiger partial charge on any atom is 0.222 e. The van der Waals surface area contributed by atoms with E-state index >= 15 is 0 Å². The van der Waals surface area contributed by atoms with Gasteiger partial charge in [-0.25, -0.2) is 4.99 Å². The van der Waals surface area contributed by atoms with Crippen LogP contribution in [-0.2, 0) is 17.9 Å². The molecule has 1 aliphatic heterocycles. The average molecular weight is 430 g/mol. The predicted octanol–water partition coefficient (Wildman–Crippen LogP) is 2.58. The minimum Gasteiger partial charge on any atom is -0.370 e. The zero-order valence-electron chi connectivity index (χ0n) is 14.0. The van der Waals surface area contributed by atoms with Crippen molar-refractivity contribution in [2.24, 2.45) is 10.7 Å². The molecule has 0 saturated carbocycles. The van der Waals surface area contributed by atoms with Crippen LogP contribution in [0, 0.1) is 0 Å². The molecule has 1 aromatic carbocycles. The van der Waals surface area contributed by atoms with Crippen LogP contribution in [0.25, 0.3) is 0 Å². The molecule has 0 radical (unpaired) electrons. The van der Waals surface area contributed by atoms with Crippen molar-refractivity contribution in [3.05, 3.63) is 35.4 Å². The minimum atomic E-state index is 0. The summed E-state index contributed by atoms with van der Waals surface area (Å²) >= 11 is 0. The van der Waals surface area contributed by atoms with E-state index < -0.39 is 0 Å². The van der Waals surface area contributed by atoms with Crippen molar-refractivity contribution in [1.82, 2.24) is 9.80 Å². The van der Waals surface area contributed by atoms with Crippen LogP contribution in [0.15, 0.2) is 29.3 Å². The lowest BCUT2D eigenvalue weighted by molar-refractivity contribution is -0.128. The number of rotatable bonds is 6. The summed E-state index contributed by atoms with van der Waals surface area (Å²) in [5, 5.41) is 0. The fraction of sp³-hybridized carbons (Fsp3) is 0.529. The first-order chi connectivity index (χ1) is 10.7. The van der Waals surface area contributed by atoms with Gasteiger partial charge in [-0.15, -0.1) is 24.0 Å². The van der Waals surface area contributed by atoms with Gasteiger partial charge in [0.15, 0.2) is 5.96 Å². The number of likely N-dealkylation sites (tertiary alicyclic amines) is 1. The number of halogens is 1. The second kappa shape index (κ2) is 9.75. The van der Waals surface area contributed by atoms with Crippen LogP contribution >= 0.6 is 24.0 Å². The van der Waals surface area contributed by atoms with E-state index in [0.717, 1.165) is 37.2 Å². The van der Waals surface area contributed by atoms with Gasteiger partial charge >= 0.3 is 0 Å². The number of nitrogens with two attached hydrogens (primary N) is 1. The number of aliphatic imine (C=N–C) groups is 1. The van der Waals surface area contributed by atoms with Crippen molar-refractivity contribution in [2.75, 3.05) is 19.6 Å². The van der Waals surface area contributed by atoms with Gasteiger partial charge in [0.05, 0.1) is 6.54 Å². The number of amides is 1. The molecule has 0 atom stereocenters. The molecule has 2 rings (SSSR count). The molecular formula is C17H27IN4O. The molecule has 0 spiro atoms. The van der Waals surface area contributed by atoms with E-state index in [1.54, 1.807) is 0 Å². The van der Waals surface area contributed by atoms with E-state index in [1.165, 1.54) is 0 Å². The van der Waals surface area contributed by atoms with Crippen molar-refractivity contribution in [1.29, 1.82) is 0 Å². The zero-order chi connectivity index (χ0) is 15.9. The van der Waals surface area contributed by atoms with Gasteiger partial charge in [0.25, 0.3) is 0 Å². The third-order valence-electron chi connectivity index (χ3n) is 4.15. The van der Waals surface area contributed by atoms with E-state index in [1.807, 2.05) is 21.9 Å². The Bertz CT molecular complexity index is 543. The van der Waals surface area contributed by atoms with Crippen molar-refractivity contribution in [3.8, 4) is 0 Å². The molecule has 1 heterocycles. The van der Waals surface area contributed by atoms with Gasteiger partial charge in [-0.1, -0.05) is 24.3 Å². The molecule has 128 valence electrons. The quantitative estimate of drug-likeness (QED) is 0.429. The van der Waals surface area contributed by atoms with Gasteiger partial charge < -0.3 is 15.5 Å². The standard InChI is InChI=1S/C17H26N4O.HI/c1-3-20(4-2)17(18)19-12-14-8-5-6-9-15(14)13-21-11-7-10-16(21)22;/h5-6,8-9H,3-4,7,10-13H2,1-2H3,(H2,18,19);1H. The number of hydrogen-bond acceptors (Lipinski definition) is 2. The largest absolute Gasteiger partial charge is 0.370 e. The maximum atomic E-state index is 11.8. The second-order valence-electron chi connectivity index (χ2n) is 5.53. The third kappa shape index (κ3) is 5.37. The molecule has 2 N–H and O–H groups in total. The summed E-state index contributed by atoms with van der Waals surface area (Å²) in [5.41, 5.74) is 8.33. The van der Waals surface area contributed by atoms with Gasteiger partial charge in [-0.3, -0.25) is 4.79 Å². The lowest BCUT2D eigenvalue weighted by Crippen LogP contribution is -2.37. The Morgan fingerprint density at radius 1 is 1.26 bits per heavy atom. The zero-order valence-corrected chi connectivity index (χ0v) is 16.3. The Balaban J connectivity index is 0.00000264. The highest BCUT2D eigenvalue weighted by atomic mass is 127. The third-order valence-corrected chi connectivity index (χ3v) is 4.15. The number of carbonyl (C=O) groups is 1. The molecule has 1 fully saturated rings. The average Bonchev–Trinajstić information content (AvgIpc) is 2.93. The molecule has 23 heavy (non-hydrogen) atoms. The summed E-state index contributed by atoms with van der Waals surface area (Å²) in [6.07, 6.45) is 1.64. The predicted molar refractivity (Wildman–Crippen MR) is 105 cm³/mol. The molecule has 6 heteroatoms. The molecule has 5 nitrogen and oxygen atoms in total. The number of hydrogen-bond donors (Lipinski definition) is 1. The Kier molecular flexibility index (Phi) is 8.36. The topological polar surface area (TPSA) is 61.9 Å². The number of carbonyl (C=O) groups excluding carboxylic acids is 1. The summed E-state index contributed by atoms with van der Waals surface area (Å²) in [7, 11) is 0. The van der Waals surface area contributed by atoms with E-state index in [4.69, 9.17) is 5.73 Å². The highest BCUT2D eigenvalue weighted by molar-refractivity contribution is 14.0. The van der Waals surface area contributed by atoms with Gasteiger partial charge in [0, 0.05) is 32.6 Å². The molecule has 0 aliphatic carbocycles. The van der Waals surface area contributed by atoms with Crippen LogP contribution in [0.3, 0.4) is 0 Å². The first kappa shape index (κ1) is 19.7. The summed E-state index contributed by atoms with van der Waals surface area (Å²) in [4.78, 5) is 20.3. The Hall–Kier alpha value is -1.31. The Labute approximate surface area is 156 Å². The first-order valence-corrected chi connectivity index (χ1v) is 8.05. The summed E-state index contributed by atoms with van der Waals surface area (Å²) in [5.74, 6) is 0.831. The lowest BCUT2D eigenvalue weighted by Gasteiger charge is -2.20. The SMILES string of the molecule is CCN(CC)C(N)=NCc1ccccc1CN1CCCC1=O.I. The van der Waals surface area contributed by atoms with Crippen molar-refractivity contribution >= 4 is 35.8 Å². The van der Waals surface area contributed by atoms with Crippen LogP contribution in [0.5, 0.6) is 0 Å². The van der Waals surface area contributed by atoms with Crippen LogP contribution in [-0.4, -0.2) is 41.3 Å². The van der Waals surface area contributed by atoms with Crippen LogP contribution in [0.1, 0.15) is 37.8 Å². The van der Waals surface area contributed by atoms with Crippen LogP contribution in [0.2, 0.25) is 0 Å². The summed E-state index contributed by atoms with van der Waals surface area (Å²) in [6, 6.07) is 8.16. The van der Waals surface area contributed by atoms with Crippen LogP contribution in [0.4, 0.5) is 0 Å². The number of nitrogens with zero attached hydrogens (tertiary/aromatic N) is 3. The maximum absolute atomic E-state index is 11.8. The van der Waals surface area contributed by atoms with Gasteiger partial charge in [-0.05, 0) is 31.4 Å². The molecule has 0 aromatic heterocycles. The fourth-order valence-electron chi connectivity index (χ4n) is 2.76. The summed E-state index contributed by atoms with van der Waals surface area (Å²) < 4.78 is 0. The highest BCUT2D eigenvalue weighted by Gasteiger charge is 2.20.